The van der Waals surface area contributed by atoms with E-state index < -0.39 is 10.0 Å². The van der Waals surface area contributed by atoms with E-state index in [0.29, 0.717) is 43.5 Å². The lowest BCUT2D eigenvalue weighted by atomic mass is 10.1. The average molecular weight is 524 g/mol. The molecule has 0 aliphatic carbocycles. The average Bonchev–Trinajstić information content (AvgIpc) is 3.35. The lowest BCUT2D eigenvalue weighted by Crippen LogP contribution is -2.40. The van der Waals surface area contributed by atoms with Gasteiger partial charge >= 0.3 is 0 Å². The van der Waals surface area contributed by atoms with Crippen molar-refractivity contribution < 1.29 is 22.7 Å². The standard InChI is InChI=1S/C26H25N3O5S2/c1-33-21-9-12-23-24(17-21)35-26(27-23)29(18-19-5-3-2-4-6-19)25(30)20-7-10-22(11-8-20)36(31,32)28-13-15-34-16-14-28/h2-12,17H,13-16,18H2,1H3. The van der Waals surface area contributed by atoms with Crippen LogP contribution in [0.2, 0.25) is 0 Å². The molecule has 0 atom stereocenters. The molecule has 8 nitrogen and oxygen atoms in total. The Morgan fingerprint density at radius 2 is 1.78 bits per heavy atom. The van der Waals surface area contributed by atoms with Crippen molar-refractivity contribution in [2.24, 2.45) is 0 Å². The minimum atomic E-state index is -3.64. The van der Waals surface area contributed by atoms with E-state index in [2.05, 4.69) is 0 Å². The lowest BCUT2D eigenvalue weighted by molar-refractivity contribution is 0.0730. The van der Waals surface area contributed by atoms with Crippen LogP contribution in [0.5, 0.6) is 5.75 Å². The molecule has 2 heterocycles. The van der Waals surface area contributed by atoms with Crippen molar-refractivity contribution in [1.82, 2.24) is 9.29 Å². The fourth-order valence-corrected chi connectivity index (χ4v) is 6.39. The second-order valence-electron chi connectivity index (χ2n) is 8.25. The predicted octanol–water partition coefficient (Wildman–Crippen LogP) is 4.17. The molecule has 36 heavy (non-hydrogen) atoms. The molecule has 3 aromatic carbocycles. The third kappa shape index (κ3) is 4.98. The number of amides is 1. The van der Waals surface area contributed by atoms with Gasteiger partial charge in [0.25, 0.3) is 5.91 Å². The zero-order valence-electron chi connectivity index (χ0n) is 19.7. The molecule has 5 rings (SSSR count). The van der Waals surface area contributed by atoms with Crippen molar-refractivity contribution in [3.05, 3.63) is 83.9 Å². The highest BCUT2D eigenvalue weighted by Gasteiger charge is 2.27. The number of sulfonamides is 1. The van der Waals surface area contributed by atoms with E-state index in [4.69, 9.17) is 14.5 Å². The van der Waals surface area contributed by atoms with E-state index in [1.165, 1.54) is 27.8 Å². The Hall–Kier alpha value is -3.31. The summed E-state index contributed by atoms with van der Waals surface area (Å²) in [5.74, 6) is 0.455. The highest BCUT2D eigenvalue weighted by atomic mass is 32.2. The summed E-state index contributed by atoms with van der Waals surface area (Å²) < 4.78 is 38.8. The number of hydrogen-bond donors (Lipinski definition) is 0. The van der Waals surface area contributed by atoms with Gasteiger partial charge in [0.05, 0.1) is 42.0 Å². The second-order valence-corrected chi connectivity index (χ2v) is 11.2. The van der Waals surface area contributed by atoms with E-state index in [0.717, 1.165) is 21.5 Å². The zero-order valence-corrected chi connectivity index (χ0v) is 21.3. The maximum Gasteiger partial charge on any atom is 0.260 e. The molecule has 0 unspecified atom stereocenters. The fourth-order valence-electron chi connectivity index (χ4n) is 3.99. The van der Waals surface area contributed by atoms with Gasteiger partial charge in [0.15, 0.2) is 5.13 Å². The predicted molar refractivity (Wildman–Crippen MR) is 139 cm³/mol. The summed E-state index contributed by atoms with van der Waals surface area (Å²) in [5, 5.41) is 0.553. The Morgan fingerprint density at radius 1 is 1.06 bits per heavy atom. The van der Waals surface area contributed by atoms with Crippen LogP contribution in [0.15, 0.2) is 77.7 Å². The Kier molecular flexibility index (Phi) is 7.01. The van der Waals surface area contributed by atoms with Crippen LogP contribution in [0.1, 0.15) is 15.9 Å². The van der Waals surface area contributed by atoms with Crippen LogP contribution in [0.3, 0.4) is 0 Å². The number of hydrogen-bond acceptors (Lipinski definition) is 7. The largest absolute Gasteiger partial charge is 0.497 e. The van der Waals surface area contributed by atoms with Crippen molar-refractivity contribution >= 4 is 42.6 Å². The number of rotatable bonds is 7. The quantitative estimate of drug-likeness (QED) is 0.361. The van der Waals surface area contributed by atoms with E-state index in [-0.39, 0.29) is 10.8 Å². The molecule has 0 radical (unpaired) electrons. The molecule has 1 fully saturated rings. The molecule has 0 spiro atoms. The first kappa shape index (κ1) is 24.4. The number of nitrogens with zero attached hydrogens (tertiary/aromatic N) is 3. The van der Waals surface area contributed by atoms with Crippen molar-refractivity contribution in [1.29, 1.82) is 0 Å². The van der Waals surface area contributed by atoms with Gasteiger partial charge in [0.2, 0.25) is 10.0 Å². The number of carbonyl (C=O) groups excluding carboxylic acids is 1. The van der Waals surface area contributed by atoms with Crippen molar-refractivity contribution in [3.63, 3.8) is 0 Å². The molecule has 4 aromatic rings. The molecule has 0 N–H and O–H groups in total. The number of anilines is 1. The lowest BCUT2D eigenvalue weighted by Gasteiger charge is -2.26. The summed E-state index contributed by atoms with van der Waals surface area (Å²) in [6.45, 7) is 1.70. The molecule has 1 aliphatic rings. The minimum Gasteiger partial charge on any atom is -0.497 e. The van der Waals surface area contributed by atoms with Gasteiger partial charge in [-0.15, -0.1) is 0 Å². The van der Waals surface area contributed by atoms with Gasteiger partial charge in [-0.05, 0) is 48.0 Å². The first-order chi connectivity index (χ1) is 17.5. The third-order valence-corrected chi connectivity index (χ3v) is 8.91. The summed E-state index contributed by atoms with van der Waals surface area (Å²) in [6.07, 6.45) is 0. The summed E-state index contributed by atoms with van der Waals surface area (Å²) in [7, 11) is -2.03. The first-order valence-electron chi connectivity index (χ1n) is 11.4. The highest BCUT2D eigenvalue weighted by molar-refractivity contribution is 7.89. The number of fused-ring (bicyclic) bond motifs is 1. The van der Waals surface area contributed by atoms with Gasteiger partial charge in [0.1, 0.15) is 5.75 Å². The number of ether oxygens (including phenoxy) is 2. The number of carbonyl (C=O) groups is 1. The number of thiazole rings is 1. The van der Waals surface area contributed by atoms with E-state index in [9.17, 15) is 13.2 Å². The van der Waals surface area contributed by atoms with Crippen LogP contribution < -0.4 is 9.64 Å². The summed E-state index contributed by atoms with van der Waals surface area (Å²) >= 11 is 1.40. The van der Waals surface area contributed by atoms with Crippen LogP contribution in [-0.4, -0.2) is 57.0 Å². The van der Waals surface area contributed by atoms with Crippen LogP contribution in [0.4, 0.5) is 5.13 Å². The van der Waals surface area contributed by atoms with Gasteiger partial charge in [-0.25, -0.2) is 13.4 Å². The molecule has 1 aromatic heterocycles. The van der Waals surface area contributed by atoms with E-state index in [1.807, 2.05) is 48.5 Å². The second kappa shape index (κ2) is 10.4. The van der Waals surface area contributed by atoms with Gasteiger partial charge < -0.3 is 9.47 Å². The summed E-state index contributed by atoms with van der Waals surface area (Å²) in [4.78, 5) is 20.2. The minimum absolute atomic E-state index is 0.155. The molecule has 186 valence electrons. The van der Waals surface area contributed by atoms with Crippen molar-refractivity contribution in [2.75, 3.05) is 38.3 Å². The molecule has 10 heteroatoms. The zero-order chi connectivity index (χ0) is 25.1. The molecular formula is C26H25N3O5S2. The smallest absolute Gasteiger partial charge is 0.260 e. The molecule has 1 aliphatic heterocycles. The molecule has 1 saturated heterocycles. The number of benzene rings is 3. The van der Waals surface area contributed by atoms with E-state index in [1.54, 1.807) is 24.1 Å². The fraction of sp³-hybridized carbons (Fsp3) is 0.231. The van der Waals surface area contributed by atoms with Gasteiger partial charge in [-0.3, -0.25) is 9.69 Å². The van der Waals surface area contributed by atoms with E-state index >= 15 is 0 Å². The SMILES string of the molecule is COc1ccc2nc(N(Cc3ccccc3)C(=O)c3ccc(S(=O)(=O)N4CCOCC4)cc3)sc2c1. The Balaban J connectivity index is 1.47. The van der Waals surface area contributed by atoms with Gasteiger partial charge in [-0.1, -0.05) is 41.7 Å². The van der Waals surface area contributed by atoms with Gasteiger partial charge in [0, 0.05) is 18.7 Å². The number of morpholine rings is 1. The molecular weight excluding hydrogens is 498 g/mol. The Labute approximate surface area is 213 Å². The highest BCUT2D eigenvalue weighted by Crippen LogP contribution is 2.33. The van der Waals surface area contributed by atoms with Crippen LogP contribution in [0.25, 0.3) is 10.2 Å². The number of methoxy groups -OCH3 is 1. The first-order valence-corrected chi connectivity index (χ1v) is 13.7. The normalized spacial score (nSPS) is 14.6. The van der Waals surface area contributed by atoms with Crippen molar-refractivity contribution in [3.8, 4) is 5.75 Å². The molecule has 1 amide bonds. The monoisotopic (exact) mass is 523 g/mol. The summed E-state index contributed by atoms with van der Waals surface area (Å²) in [5.41, 5.74) is 2.10. The van der Waals surface area contributed by atoms with Crippen LogP contribution >= 0.6 is 11.3 Å². The van der Waals surface area contributed by atoms with Crippen LogP contribution in [0, 0.1) is 0 Å². The number of aromatic nitrogens is 1. The topological polar surface area (TPSA) is 89.0 Å². The van der Waals surface area contributed by atoms with Gasteiger partial charge in [-0.2, -0.15) is 4.31 Å². The van der Waals surface area contributed by atoms with Crippen LogP contribution in [-0.2, 0) is 21.3 Å². The molecule has 0 bridgehead atoms. The Bertz CT molecular complexity index is 1460. The maximum absolute atomic E-state index is 13.7. The third-order valence-electron chi connectivity index (χ3n) is 5.95. The molecule has 0 saturated carbocycles. The summed E-state index contributed by atoms with van der Waals surface area (Å²) in [6, 6.07) is 21.4. The Morgan fingerprint density at radius 3 is 2.47 bits per heavy atom. The maximum atomic E-state index is 13.7. The van der Waals surface area contributed by atoms with Crippen molar-refractivity contribution in [2.45, 2.75) is 11.4 Å².